The third kappa shape index (κ3) is 10.6. The average molecular weight is 817 g/mol. The van der Waals surface area contributed by atoms with Gasteiger partial charge in [0.1, 0.15) is 0 Å². The van der Waals surface area contributed by atoms with Crippen LogP contribution in [0.1, 0.15) is 136 Å². The lowest BCUT2D eigenvalue weighted by molar-refractivity contribution is 0.478. The lowest BCUT2D eigenvalue weighted by atomic mass is 9.89. The van der Waals surface area contributed by atoms with Gasteiger partial charge in [0.05, 0.1) is 0 Å². The molecule has 6 aromatic rings. The highest BCUT2D eigenvalue weighted by molar-refractivity contribution is 7.74. The minimum atomic E-state index is -0.836. The van der Waals surface area contributed by atoms with Crippen molar-refractivity contribution in [2.75, 3.05) is 0 Å². The van der Waals surface area contributed by atoms with E-state index in [9.17, 15) is 0 Å². The van der Waals surface area contributed by atoms with Crippen LogP contribution in [0.15, 0.2) is 133 Å². The van der Waals surface area contributed by atoms with E-state index in [1.165, 1.54) is 76.9 Å². The van der Waals surface area contributed by atoms with Gasteiger partial charge in [-0.05, 0) is 150 Å². The molecule has 0 aliphatic rings. The van der Waals surface area contributed by atoms with E-state index in [-0.39, 0.29) is 0 Å². The van der Waals surface area contributed by atoms with E-state index in [0.29, 0.717) is 17.2 Å². The summed E-state index contributed by atoms with van der Waals surface area (Å²) >= 11 is 0. The molecule has 0 aliphatic heterocycles. The predicted octanol–water partition coefficient (Wildman–Crippen LogP) is 14.3. The largest absolute Gasteiger partial charge is 0.0650 e. The molecule has 0 aliphatic carbocycles. The Labute approximate surface area is 361 Å². The van der Waals surface area contributed by atoms with Gasteiger partial charge in [0.2, 0.25) is 0 Å². The summed E-state index contributed by atoms with van der Waals surface area (Å²) in [6, 6.07) is 54.3. The van der Waals surface area contributed by atoms with E-state index in [1.807, 2.05) is 0 Å². The molecule has 0 saturated carbocycles. The SMILES string of the molecule is CCc1cc(CC)cc(P(c2cc(CC)cc(CC)c2)C(c2ccccc2)C(CC)C(c2ccccc2)P(c2cc(CC)cc(CC)c2)c2cc(CC)cc(CC)c2)c1. The summed E-state index contributed by atoms with van der Waals surface area (Å²) in [7, 11) is -1.67. The van der Waals surface area contributed by atoms with E-state index in [1.54, 1.807) is 0 Å². The van der Waals surface area contributed by atoms with Crippen LogP contribution in [0.2, 0.25) is 0 Å². The predicted molar refractivity (Wildman–Crippen MR) is 265 cm³/mol. The van der Waals surface area contributed by atoms with Crippen molar-refractivity contribution in [2.45, 2.75) is 131 Å². The maximum absolute atomic E-state index is 2.61. The lowest BCUT2D eigenvalue weighted by Crippen LogP contribution is -2.30. The molecule has 0 saturated heterocycles. The second kappa shape index (κ2) is 21.6. The Hall–Kier alpha value is -3.82. The van der Waals surface area contributed by atoms with E-state index in [0.717, 1.165) is 57.8 Å². The maximum atomic E-state index is 2.61. The molecule has 0 nitrogen and oxygen atoms in total. The van der Waals surface area contributed by atoms with Crippen molar-refractivity contribution in [3.8, 4) is 0 Å². The summed E-state index contributed by atoms with van der Waals surface area (Å²) in [6.45, 7) is 21.2. The molecule has 0 spiro atoms. The highest BCUT2D eigenvalue weighted by Crippen LogP contribution is 2.64. The summed E-state index contributed by atoms with van der Waals surface area (Å²) in [5.41, 5.74) is 15.2. The van der Waals surface area contributed by atoms with E-state index >= 15 is 0 Å². The molecule has 59 heavy (non-hydrogen) atoms. The number of rotatable bonds is 19. The van der Waals surface area contributed by atoms with Gasteiger partial charge < -0.3 is 0 Å². The highest BCUT2D eigenvalue weighted by Gasteiger charge is 2.42. The molecule has 0 amide bonds. The molecule has 2 heteroatoms. The molecule has 6 aromatic carbocycles. The summed E-state index contributed by atoms with van der Waals surface area (Å²) in [5, 5.41) is 6.16. The highest BCUT2D eigenvalue weighted by atomic mass is 31.1. The van der Waals surface area contributed by atoms with Crippen molar-refractivity contribution >= 4 is 37.1 Å². The Morgan fingerprint density at radius 3 is 0.712 bits per heavy atom. The summed E-state index contributed by atoms with van der Waals surface area (Å²) in [4.78, 5) is 0. The van der Waals surface area contributed by atoms with Crippen LogP contribution >= 0.6 is 15.8 Å². The average Bonchev–Trinajstić information content (AvgIpc) is 3.30. The molecule has 0 bridgehead atoms. The topological polar surface area (TPSA) is 0 Å². The van der Waals surface area contributed by atoms with Crippen molar-refractivity contribution in [2.24, 2.45) is 5.92 Å². The Kier molecular flexibility index (Phi) is 16.4. The first kappa shape index (κ1) is 44.7. The van der Waals surface area contributed by atoms with Gasteiger partial charge in [-0.25, -0.2) is 0 Å². The summed E-state index contributed by atoms with van der Waals surface area (Å²) < 4.78 is 0. The molecule has 308 valence electrons. The molecular formula is C57H70P2. The number of hydrogen-bond acceptors (Lipinski definition) is 0. The maximum Gasteiger partial charge on any atom is 0.0160 e. The van der Waals surface area contributed by atoms with Crippen LogP contribution in [0.25, 0.3) is 0 Å². The second-order valence-electron chi connectivity index (χ2n) is 16.4. The smallest absolute Gasteiger partial charge is 0.0160 e. The van der Waals surface area contributed by atoms with Gasteiger partial charge >= 0.3 is 0 Å². The summed E-state index contributed by atoms with van der Waals surface area (Å²) in [6.07, 6.45) is 9.46. The van der Waals surface area contributed by atoms with E-state index < -0.39 is 15.8 Å². The fourth-order valence-electron chi connectivity index (χ4n) is 9.20. The first-order valence-electron chi connectivity index (χ1n) is 23.0. The van der Waals surface area contributed by atoms with Crippen molar-refractivity contribution in [3.63, 3.8) is 0 Å². The van der Waals surface area contributed by atoms with Crippen molar-refractivity contribution in [1.82, 2.24) is 0 Å². The van der Waals surface area contributed by atoms with Crippen LogP contribution in [0.4, 0.5) is 0 Å². The minimum absolute atomic E-state index is 0.292. The molecule has 0 aromatic heterocycles. The first-order valence-corrected chi connectivity index (χ1v) is 25.8. The number of benzene rings is 6. The van der Waals surface area contributed by atoms with Crippen LogP contribution in [-0.2, 0) is 51.4 Å². The van der Waals surface area contributed by atoms with Crippen LogP contribution in [-0.4, -0.2) is 0 Å². The second-order valence-corrected chi connectivity index (χ2v) is 21.0. The van der Waals surface area contributed by atoms with Gasteiger partial charge in [-0.2, -0.15) is 0 Å². The van der Waals surface area contributed by atoms with Crippen LogP contribution in [0.5, 0.6) is 0 Å². The Bertz CT molecular complexity index is 1880. The van der Waals surface area contributed by atoms with Gasteiger partial charge in [-0.1, -0.05) is 202 Å². The Morgan fingerprint density at radius 2 is 0.525 bits per heavy atom. The van der Waals surface area contributed by atoms with Crippen LogP contribution < -0.4 is 21.2 Å². The molecule has 2 unspecified atom stereocenters. The van der Waals surface area contributed by atoms with Crippen molar-refractivity contribution in [1.29, 1.82) is 0 Å². The normalized spacial score (nSPS) is 13.2. The lowest BCUT2D eigenvalue weighted by Gasteiger charge is -2.43. The molecule has 2 atom stereocenters. The number of aryl methyl sites for hydroxylation is 8. The molecule has 0 radical (unpaired) electrons. The molecule has 0 heterocycles. The van der Waals surface area contributed by atoms with Gasteiger partial charge in [-0.15, -0.1) is 0 Å². The zero-order valence-corrected chi connectivity index (χ0v) is 39.5. The van der Waals surface area contributed by atoms with Gasteiger partial charge in [0.25, 0.3) is 0 Å². The molecular weight excluding hydrogens is 747 g/mol. The number of hydrogen-bond donors (Lipinski definition) is 0. The third-order valence-corrected chi connectivity index (χ3v) is 18.4. The third-order valence-electron chi connectivity index (χ3n) is 12.6. The zero-order chi connectivity index (χ0) is 41.9. The first-order chi connectivity index (χ1) is 28.8. The van der Waals surface area contributed by atoms with E-state index in [2.05, 4.69) is 196 Å². The van der Waals surface area contributed by atoms with Gasteiger partial charge in [0.15, 0.2) is 0 Å². The van der Waals surface area contributed by atoms with Crippen molar-refractivity contribution in [3.05, 3.63) is 189 Å². The zero-order valence-electron chi connectivity index (χ0n) is 37.7. The van der Waals surface area contributed by atoms with Gasteiger partial charge in [0, 0.05) is 11.3 Å². The quantitative estimate of drug-likeness (QED) is 0.0715. The molecule has 0 N–H and O–H groups in total. The fourth-order valence-corrected chi connectivity index (χ4v) is 16.1. The van der Waals surface area contributed by atoms with Crippen molar-refractivity contribution < 1.29 is 0 Å². The fraction of sp³-hybridized carbons (Fsp3) is 0.368. The minimum Gasteiger partial charge on any atom is -0.0650 e. The van der Waals surface area contributed by atoms with Gasteiger partial charge in [-0.3, -0.25) is 0 Å². The Morgan fingerprint density at radius 1 is 0.305 bits per heavy atom. The van der Waals surface area contributed by atoms with Crippen LogP contribution in [0, 0.1) is 5.92 Å². The monoisotopic (exact) mass is 816 g/mol. The summed E-state index contributed by atoms with van der Waals surface area (Å²) in [5.74, 6) is 0.355. The van der Waals surface area contributed by atoms with E-state index in [4.69, 9.17) is 0 Å². The molecule has 6 rings (SSSR count). The Balaban J connectivity index is 1.75. The standard InChI is InChI=1S/C57H70P2/c1-10-41-29-42(11-2)34-51(33-41)58(52-35-43(12-3)30-44(13-4)36-52)56(49-25-21-19-22-26-49)55(18-9)57(50-27-23-20-24-28-50)59(53-37-45(14-5)31-46(15-6)38-53)54-39-47(16-7)32-48(17-8)40-54/h19-40,55-57H,10-18H2,1-9H3. The molecule has 0 fully saturated rings. The van der Waals surface area contributed by atoms with Crippen LogP contribution in [0.3, 0.4) is 0 Å².